The van der Waals surface area contributed by atoms with Crippen molar-refractivity contribution in [3.63, 3.8) is 0 Å². The van der Waals surface area contributed by atoms with Crippen molar-refractivity contribution >= 4 is 5.97 Å². The van der Waals surface area contributed by atoms with E-state index in [4.69, 9.17) is 10.8 Å². The molecule has 0 spiro atoms. The third kappa shape index (κ3) is 2.38. The summed E-state index contributed by atoms with van der Waals surface area (Å²) in [4.78, 5) is 10.6. The molecule has 1 aromatic rings. The van der Waals surface area contributed by atoms with Crippen LogP contribution in [0.1, 0.15) is 37.4 Å². The highest BCUT2D eigenvalue weighted by Gasteiger charge is 2.19. The fourth-order valence-corrected chi connectivity index (χ4v) is 2.07. The minimum Gasteiger partial charge on any atom is -0.480 e. The topological polar surface area (TPSA) is 94.0 Å². The molecule has 6 heteroatoms. The van der Waals surface area contributed by atoms with Gasteiger partial charge in [-0.15, -0.1) is 5.10 Å². The number of hydrogen-bond donors (Lipinski definition) is 2. The lowest BCUT2D eigenvalue weighted by molar-refractivity contribution is -0.138. The maximum absolute atomic E-state index is 10.6. The number of carbonyl (C=O) groups is 1. The normalized spacial score (nSPS) is 18.8. The monoisotopic (exact) mass is 224 g/mol. The van der Waals surface area contributed by atoms with Crippen LogP contribution in [0.2, 0.25) is 0 Å². The molecule has 88 valence electrons. The van der Waals surface area contributed by atoms with Crippen molar-refractivity contribution in [2.24, 2.45) is 5.73 Å². The van der Waals surface area contributed by atoms with E-state index in [1.807, 2.05) is 10.9 Å². The van der Waals surface area contributed by atoms with Gasteiger partial charge in [-0.05, 0) is 12.8 Å². The first kappa shape index (κ1) is 11.1. The highest BCUT2D eigenvalue weighted by Crippen LogP contribution is 2.28. The highest BCUT2D eigenvalue weighted by atomic mass is 16.4. The van der Waals surface area contributed by atoms with Gasteiger partial charge in [-0.3, -0.25) is 4.79 Å². The van der Waals surface area contributed by atoms with Crippen LogP contribution in [0.4, 0.5) is 0 Å². The van der Waals surface area contributed by atoms with Gasteiger partial charge in [-0.2, -0.15) is 0 Å². The summed E-state index contributed by atoms with van der Waals surface area (Å²) in [6.07, 6.45) is 6.78. The predicted molar refractivity (Wildman–Crippen MR) is 56.8 cm³/mol. The largest absolute Gasteiger partial charge is 0.480 e. The number of carboxylic acids is 1. The van der Waals surface area contributed by atoms with Gasteiger partial charge in [0.2, 0.25) is 0 Å². The smallest absolute Gasteiger partial charge is 0.320 e. The molecule has 0 aliphatic heterocycles. The molecule has 0 amide bonds. The molecule has 6 nitrogen and oxygen atoms in total. The number of nitrogens with zero attached hydrogens (tertiary/aromatic N) is 3. The average Bonchev–Trinajstić information content (AvgIpc) is 2.85. The van der Waals surface area contributed by atoms with Gasteiger partial charge in [-0.25, -0.2) is 4.68 Å². The molecule has 1 aliphatic carbocycles. The summed E-state index contributed by atoms with van der Waals surface area (Å²) in [5.41, 5.74) is 6.09. The lowest BCUT2D eigenvalue weighted by atomic mass is 10.2. The highest BCUT2D eigenvalue weighted by molar-refractivity contribution is 5.73. The first-order chi connectivity index (χ1) is 7.66. The Bertz CT molecular complexity index is 371. The minimum atomic E-state index is -1.00. The summed E-state index contributed by atoms with van der Waals surface area (Å²) in [6.45, 7) is 0. The Morgan fingerprint density at radius 3 is 2.94 bits per heavy atom. The van der Waals surface area contributed by atoms with Crippen LogP contribution >= 0.6 is 0 Å². The van der Waals surface area contributed by atoms with E-state index in [2.05, 4.69) is 10.3 Å². The molecule has 0 radical (unpaired) electrons. The van der Waals surface area contributed by atoms with E-state index in [9.17, 15) is 4.79 Å². The van der Waals surface area contributed by atoms with Crippen LogP contribution in [0.25, 0.3) is 0 Å². The third-order valence-electron chi connectivity index (χ3n) is 3.00. The Hall–Kier alpha value is -1.43. The summed E-state index contributed by atoms with van der Waals surface area (Å²) in [6, 6.07) is -0.462. The molecule has 3 N–H and O–H groups in total. The van der Waals surface area contributed by atoms with Crippen LogP contribution in [0.5, 0.6) is 0 Å². The number of rotatable bonds is 4. The Morgan fingerprint density at radius 1 is 1.62 bits per heavy atom. The zero-order valence-electron chi connectivity index (χ0n) is 9.04. The third-order valence-corrected chi connectivity index (χ3v) is 3.00. The van der Waals surface area contributed by atoms with Gasteiger partial charge in [0.1, 0.15) is 6.04 Å². The van der Waals surface area contributed by atoms with Crippen molar-refractivity contribution in [1.82, 2.24) is 15.0 Å². The average molecular weight is 224 g/mol. The molecule has 0 bridgehead atoms. The van der Waals surface area contributed by atoms with Gasteiger partial charge in [0.15, 0.2) is 0 Å². The van der Waals surface area contributed by atoms with E-state index < -0.39 is 12.0 Å². The Kier molecular flexibility index (Phi) is 3.19. The number of aliphatic carboxylic acids is 1. The number of nitrogens with two attached hydrogens (primary N) is 1. The molecule has 16 heavy (non-hydrogen) atoms. The van der Waals surface area contributed by atoms with Crippen molar-refractivity contribution in [2.45, 2.75) is 44.2 Å². The minimum absolute atomic E-state index is 0.238. The summed E-state index contributed by atoms with van der Waals surface area (Å²) in [5.74, 6) is -1.00. The molecule has 0 aromatic carbocycles. The molecule has 1 saturated carbocycles. The Balaban J connectivity index is 1.99. The molecular weight excluding hydrogens is 208 g/mol. The van der Waals surface area contributed by atoms with E-state index in [-0.39, 0.29) is 6.42 Å². The summed E-state index contributed by atoms with van der Waals surface area (Å²) >= 11 is 0. The SMILES string of the molecule is NC(Cc1cn(C2CCCC2)nn1)C(=O)O. The van der Waals surface area contributed by atoms with Crippen LogP contribution in [0.15, 0.2) is 6.20 Å². The number of aromatic nitrogens is 3. The standard InChI is InChI=1S/C10H16N4O2/c11-9(10(15)16)5-7-6-14(13-12-7)8-3-1-2-4-8/h6,8-9H,1-5,11H2,(H,15,16). The van der Waals surface area contributed by atoms with E-state index >= 15 is 0 Å². The van der Waals surface area contributed by atoms with E-state index in [0.717, 1.165) is 12.8 Å². The molecule has 0 saturated heterocycles. The van der Waals surface area contributed by atoms with Gasteiger partial charge < -0.3 is 10.8 Å². The van der Waals surface area contributed by atoms with E-state index in [0.29, 0.717) is 11.7 Å². The molecule has 1 unspecified atom stereocenters. The maximum atomic E-state index is 10.6. The zero-order valence-corrected chi connectivity index (χ0v) is 9.04. The van der Waals surface area contributed by atoms with Crippen molar-refractivity contribution in [1.29, 1.82) is 0 Å². The van der Waals surface area contributed by atoms with Gasteiger partial charge in [0.05, 0.1) is 11.7 Å². The fraction of sp³-hybridized carbons (Fsp3) is 0.700. The Morgan fingerprint density at radius 2 is 2.31 bits per heavy atom. The van der Waals surface area contributed by atoms with Crippen molar-refractivity contribution in [3.8, 4) is 0 Å². The van der Waals surface area contributed by atoms with Gasteiger partial charge in [-0.1, -0.05) is 18.1 Å². The molecule has 1 heterocycles. The van der Waals surface area contributed by atoms with E-state index in [1.165, 1.54) is 12.8 Å². The van der Waals surface area contributed by atoms with Gasteiger partial charge in [0.25, 0.3) is 0 Å². The first-order valence-electron chi connectivity index (χ1n) is 5.56. The predicted octanol–water partition coefficient (Wildman–Crippen LogP) is 0.348. The van der Waals surface area contributed by atoms with E-state index in [1.54, 1.807) is 0 Å². The second kappa shape index (κ2) is 4.61. The van der Waals surface area contributed by atoms with Crippen molar-refractivity contribution in [3.05, 3.63) is 11.9 Å². The molecule has 1 atom stereocenters. The Labute approximate surface area is 93.4 Å². The lowest BCUT2D eigenvalue weighted by Crippen LogP contribution is -2.32. The van der Waals surface area contributed by atoms with Crippen LogP contribution in [0, 0.1) is 0 Å². The van der Waals surface area contributed by atoms with Crippen molar-refractivity contribution in [2.75, 3.05) is 0 Å². The summed E-state index contributed by atoms with van der Waals surface area (Å²) in [5, 5.41) is 16.7. The molecule has 2 rings (SSSR count). The quantitative estimate of drug-likeness (QED) is 0.769. The van der Waals surface area contributed by atoms with Crippen LogP contribution in [0.3, 0.4) is 0 Å². The summed E-state index contributed by atoms with van der Waals surface area (Å²) < 4.78 is 1.84. The second-order valence-electron chi connectivity index (χ2n) is 4.28. The molecule has 1 aromatic heterocycles. The van der Waals surface area contributed by atoms with Crippen LogP contribution in [-0.2, 0) is 11.2 Å². The zero-order chi connectivity index (χ0) is 11.5. The van der Waals surface area contributed by atoms with Crippen LogP contribution < -0.4 is 5.73 Å². The van der Waals surface area contributed by atoms with Gasteiger partial charge >= 0.3 is 5.97 Å². The number of carboxylic acid groups (broad SMARTS) is 1. The number of hydrogen-bond acceptors (Lipinski definition) is 4. The fourth-order valence-electron chi connectivity index (χ4n) is 2.07. The molecule has 1 aliphatic rings. The lowest BCUT2D eigenvalue weighted by Gasteiger charge is -2.07. The maximum Gasteiger partial charge on any atom is 0.320 e. The summed E-state index contributed by atoms with van der Waals surface area (Å²) in [7, 11) is 0. The van der Waals surface area contributed by atoms with Crippen molar-refractivity contribution < 1.29 is 9.90 Å². The van der Waals surface area contributed by atoms with Crippen LogP contribution in [-0.4, -0.2) is 32.1 Å². The molecule has 1 fully saturated rings. The second-order valence-corrected chi connectivity index (χ2v) is 4.28. The first-order valence-corrected chi connectivity index (χ1v) is 5.56. The van der Waals surface area contributed by atoms with Gasteiger partial charge in [0, 0.05) is 12.6 Å². The molecular formula is C10H16N4O2.